The maximum atomic E-state index is 5.89. The van der Waals surface area contributed by atoms with Gasteiger partial charge in [0.05, 0.1) is 12.8 Å². The standard InChI is InChI=1S/C13H18N4O2/c1-9(2)17-13(15-8-16-17)7-19-12-5-4-10(18-3)6-11(12)14/h4-6,8-9H,7,14H2,1-3H3. The molecule has 6 nitrogen and oxygen atoms in total. The highest BCUT2D eigenvalue weighted by Crippen LogP contribution is 2.26. The third-order valence-corrected chi connectivity index (χ3v) is 2.71. The Hall–Kier alpha value is -2.24. The molecule has 1 heterocycles. The molecule has 0 saturated carbocycles. The smallest absolute Gasteiger partial charge is 0.165 e. The second-order valence-electron chi connectivity index (χ2n) is 4.41. The van der Waals surface area contributed by atoms with Gasteiger partial charge < -0.3 is 15.2 Å². The van der Waals surface area contributed by atoms with Crippen molar-refractivity contribution in [3.63, 3.8) is 0 Å². The topological polar surface area (TPSA) is 75.2 Å². The highest BCUT2D eigenvalue weighted by Gasteiger charge is 2.09. The predicted octanol–water partition coefficient (Wildman–Crippen LogP) is 2.03. The quantitative estimate of drug-likeness (QED) is 0.834. The summed E-state index contributed by atoms with van der Waals surface area (Å²) in [5.74, 6) is 2.08. The first-order chi connectivity index (χ1) is 9.11. The lowest BCUT2D eigenvalue weighted by Gasteiger charge is -2.12. The summed E-state index contributed by atoms with van der Waals surface area (Å²) >= 11 is 0. The molecular formula is C13H18N4O2. The Labute approximate surface area is 112 Å². The number of nitrogens with zero attached hydrogens (tertiary/aromatic N) is 3. The van der Waals surface area contributed by atoms with E-state index in [0.717, 1.165) is 5.82 Å². The van der Waals surface area contributed by atoms with E-state index in [1.165, 1.54) is 6.33 Å². The van der Waals surface area contributed by atoms with Gasteiger partial charge in [-0.25, -0.2) is 9.67 Å². The Morgan fingerprint density at radius 3 is 2.79 bits per heavy atom. The Kier molecular flexibility index (Phi) is 3.89. The lowest BCUT2D eigenvalue weighted by Crippen LogP contribution is -2.11. The molecule has 0 atom stereocenters. The van der Waals surface area contributed by atoms with Crippen LogP contribution in [0.25, 0.3) is 0 Å². The van der Waals surface area contributed by atoms with Gasteiger partial charge in [0.25, 0.3) is 0 Å². The lowest BCUT2D eigenvalue weighted by molar-refractivity contribution is 0.283. The Balaban J connectivity index is 2.08. The zero-order valence-corrected chi connectivity index (χ0v) is 11.3. The van der Waals surface area contributed by atoms with E-state index in [1.807, 2.05) is 18.5 Å². The molecule has 0 amide bonds. The van der Waals surface area contributed by atoms with Crippen LogP contribution < -0.4 is 15.2 Å². The van der Waals surface area contributed by atoms with Crippen molar-refractivity contribution < 1.29 is 9.47 Å². The molecule has 0 bridgehead atoms. The molecule has 19 heavy (non-hydrogen) atoms. The van der Waals surface area contributed by atoms with Crippen molar-refractivity contribution in [2.45, 2.75) is 26.5 Å². The van der Waals surface area contributed by atoms with Crippen LogP contribution in [0, 0.1) is 0 Å². The molecule has 0 aliphatic rings. The minimum atomic E-state index is 0.245. The van der Waals surface area contributed by atoms with Crippen molar-refractivity contribution in [2.75, 3.05) is 12.8 Å². The predicted molar refractivity (Wildman–Crippen MR) is 72.1 cm³/mol. The molecule has 0 fully saturated rings. The molecule has 0 aliphatic carbocycles. The third-order valence-electron chi connectivity index (χ3n) is 2.71. The summed E-state index contributed by atoms with van der Waals surface area (Å²) < 4.78 is 12.6. The Bertz CT molecular complexity index is 551. The highest BCUT2D eigenvalue weighted by atomic mass is 16.5. The van der Waals surface area contributed by atoms with E-state index in [0.29, 0.717) is 23.8 Å². The third kappa shape index (κ3) is 2.96. The lowest BCUT2D eigenvalue weighted by atomic mass is 10.3. The summed E-state index contributed by atoms with van der Waals surface area (Å²) in [6, 6.07) is 5.56. The summed E-state index contributed by atoms with van der Waals surface area (Å²) in [5, 5.41) is 4.15. The molecule has 1 aromatic heterocycles. The number of anilines is 1. The van der Waals surface area contributed by atoms with Gasteiger partial charge in [-0.15, -0.1) is 0 Å². The zero-order chi connectivity index (χ0) is 13.8. The van der Waals surface area contributed by atoms with E-state index < -0.39 is 0 Å². The van der Waals surface area contributed by atoms with Crippen molar-refractivity contribution in [1.29, 1.82) is 0 Å². The van der Waals surface area contributed by atoms with Gasteiger partial charge in [-0.05, 0) is 26.0 Å². The van der Waals surface area contributed by atoms with E-state index >= 15 is 0 Å². The highest BCUT2D eigenvalue weighted by molar-refractivity contribution is 5.56. The summed E-state index contributed by atoms with van der Waals surface area (Å²) in [6.07, 6.45) is 1.52. The van der Waals surface area contributed by atoms with Gasteiger partial charge in [0.15, 0.2) is 5.82 Å². The van der Waals surface area contributed by atoms with Gasteiger partial charge in [0, 0.05) is 12.1 Å². The molecule has 0 unspecified atom stereocenters. The number of hydrogen-bond donors (Lipinski definition) is 1. The van der Waals surface area contributed by atoms with Crippen LogP contribution in [0.2, 0.25) is 0 Å². The summed E-state index contributed by atoms with van der Waals surface area (Å²) in [5.41, 5.74) is 6.42. The molecule has 2 rings (SSSR count). The number of nitrogen functional groups attached to an aromatic ring is 1. The zero-order valence-electron chi connectivity index (χ0n) is 11.3. The number of benzene rings is 1. The minimum Gasteiger partial charge on any atom is -0.497 e. The van der Waals surface area contributed by atoms with Crippen LogP contribution in [-0.4, -0.2) is 21.9 Å². The Morgan fingerprint density at radius 1 is 1.37 bits per heavy atom. The normalized spacial score (nSPS) is 10.7. The van der Waals surface area contributed by atoms with Crippen molar-refractivity contribution in [3.05, 3.63) is 30.4 Å². The first-order valence-electron chi connectivity index (χ1n) is 6.06. The van der Waals surface area contributed by atoms with E-state index in [1.54, 1.807) is 25.3 Å². The van der Waals surface area contributed by atoms with Crippen LogP contribution >= 0.6 is 0 Å². The molecule has 0 aliphatic heterocycles. The van der Waals surface area contributed by atoms with Crippen LogP contribution in [0.15, 0.2) is 24.5 Å². The van der Waals surface area contributed by atoms with Crippen LogP contribution in [0.5, 0.6) is 11.5 Å². The summed E-state index contributed by atoms with van der Waals surface area (Å²) in [7, 11) is 1.60. The molecule has 6 heteroatoms. The van der Waals surface area contributed by atoms with Gasteiger partial charge in [0.1, 0.15) is 24.4 Å². The van der Waals surface area contributed by atoms with Gasteiger partial charge in [-0.1, -0.05) is 0 Å². The van der Waals surface area contributed by atoms with Crippen LogP contribution in [0.1, 0.15) is 25.7 Å². The van der Waals surface area contributed by atoms with Gasteiger partial charge in [-0.2, -0.15) is 5.10 Å². The van der Waals surface area contributed by atoms with E-state index in [2.05, 4.69) is 10.1 Å². The van der Waals surface area contributed by atoms with Gasteiger partial charge in [0.2, 0.25) is 0 Å². The van der Waals surface area contributed by atoms with E-state index in [9.17, 15) is 0 Å². The monoisotopic (exact) mass is 262 g/mol. The first-order valence-corrected chi connectivity index (χ1v) is 6.06. The molecule has 0 spiro atoms. The molecule has 2 aromatic rings. The number of aromatic nitrogens is 3. The van der Waals surface area contributed by atoms with Crippen molar-refractivity contribution in [1.82, 2.24) is 14.8 Å². The largest absolute Gasteiger partial charge is 0.497 e. The van der Waals surface area contributed by atoms with E-state index in [4.69, 9.17) is 15.2 Å². The molecule has 102 valence electrons. The fraction of sp³-hybridized carbons (Fsp3) is 0.385. The van der Waals surface area contributed by atoms with E-state index in [-0.39, 0.29) is 6.04 Å². The Morgan fingerprint density at radius 2 is 2.16 bits per heavy atom. The molecule has 1 aromatic carbocycles. The molecule has 2 N–H and O–H groups in total. The number of methoxy groups -OCH3 is 1. The number of hydrogen-bond acceptors (Lipinski definition) is 5. The average Bonchev–Trinajstić information content (AvgIpc) is 2.85. The number of rotatable bonds is 5. The van der Waals surface area contributed by atoms with Gasteiger partial charge >= 0.3 is 0 Å². The second-order valence-corrected chi connectivity index (χ2v) is 4.41. The fourth-order valence-electron chi connectivity index (χ4n) is 1.74. The minimum absolute atomic E-state index is 0.245. The summed E-state index contributed by atoms with van der Waals surface area (Å²) in [4.78, 5) is 4.18. The van der Waals surface area contributed by atoms with Gasteiger partial charge in [-0.3, -0.25) is 0 Å². The SMILES string of the molecule is COc1ccc(OCc2ncnn2C(C)C)c(N)c1. The van der Waals surface area contributed by atoms with Crippen molar-refractivity contribution in [2.24, 2.45) is 0 Å². The van der Waals surface area contributed by atoms with Crippen LogP contribution in [0.4, 0.5) is 5.69 Å². The molecule has 0 saturated heterocycles. The maximum absolute atomic E-state index is 5.89. The maximum Gasteiger partial charge on any atom is 0.165 e. The molecular weight excluding hydrogens is 244 g/mol. The van der Waals surface area contributed by atoms with Crippen molar-refractivity contribution >= 4 is 5.69 Å². The molecule has 0 radical (unpaired) electrons. The summed E-state index contributed by atoms with van der Waals surface area (Å²) in [6.45, 7) is 4.41. The first kappa shape index (κ1) is 13.2. The van der Waals surface area contributed by atoms with Crippen molar-refractivity contribution in [3.8, 4) is 11.5 Å². The van der Waals surface area contributed by atoms with Crippen LogP contribution in [-0.2, 0) is 6.61 Å². The average molecular weight is 262 g/mol. The fourth-order valence-corrected chi connectivity index (χ4v) is 1.74. The number of nitrogens with two attached hydrogens (primary N) is 1. The number of ether oxygens (including phenoxy) is 2. The van der Waals surface area contributed by atoms with Crippen LogP contribution in [0.3, 0.4) is 0 Å². The second kappa shape index (κ2) is 5.60.